The summed E-state index contributed by atoms with van der Waals surface area (Å²) in [6.07, 6.45) is 4.58. The average molecular weight is 213 g/mol. The van der Waals surface area contributed by atoms with E-state index in [-0.39, 0.29) is 0 Å². The molecule has 0 saturated heterocycles. The maximum Gasteiger partial charge on any atom is 0.0570 e. The van der Waals surface area contributed by atoms with Crippen LogP contribution in [-0.2, 0) is 6.42 Å². The first-order chi connectivity index (χ1) is 7.88. The molecule has 0 unspecified atom stereocenters. The molecule has 1 aromatic carbocycles. The lowest BCUT2D eigenvalue weighted by molar-refractivity contribution is 1.14. The predicted molar refractivity (Wildman–Crippen MR) is 67.3 cm³/mol. The number of benzene rings is 1. The molecular formula is C13H15N3. The van der Waals surface area contributed by atoms with E-state index in [2.05, 4.69) is 47.0 Å². The normalized spacial score (nSPS) is 9.81. The Labute approximate surface area is 95.5 Å². The minimum absolute atomic E-state index is 0.995. The lowest BCUT2D eigenvalue weighted by Gasteiger charge is -2.09. The molecule has 0 amide bonds. The second-order valence-electron chi connectivity index (χ2n) is 3.54. The van der Waals surface area contributed by atoms with Gasteiger partial charge in [-0.05, 0) is 36.2 Å². The number of pyridine rings is 1. The number of aromatic nitrogens is 1. The summed E-state index contributed by atoms with van der Waals surface area (Å²) in [6.45, 7) is 2.15. The molecule has 2 rings (SSSR count). The minimum Gasteiger partial charge on any atom is -0.301 e. The second-order valence-corrected chi connectivity index (χ2v) is 3.54. The van der Waals surface area contributed by atoms with Gasteiger partial charge < -0.3 is 10.9 Å². The van der Waals surface area contributed by atoms with E-state index < -0.39 is 0 Å². The van der Waals surface area contributed by atoms with Crippen molar-refractivity contribution in [3.8, 4) is 0 Å². The molecule has 82 valence electrons. The first-order valence-corrected chi connectivity index (χ1v) is 5.39. The molecular weight excluding hydrogens is 198 g/mol. The number of aryl methyl sites for hydroxylation is 1. The van der Waals surface area contributed by atoms with Crippen LogP contribution in [0.5, 0.6) is 0 Å². The topological polar surface area (TPSA) is 37.0 Å². The number of rotatable bonds is 4. The molecule has 0 atom stereocenters. The van der Waals surface area contributed by atoms with E-state index >= 15 is 0 Å². The minimum atomic E-state index is 0.995. The molecule has 0 radical (unpaired) electrons. The smallest absolute Gasteiger partial charge is 0.0570 e. The highest BCUT2D eigenvalue weighted by Gasteiger charge is 1.92. The largest absolute Gasteiger partial charge is 0.301 e. The number of nitrogens with zero attached hydrogens (tertiary/aromatic N) is 1. The molecule has 1 heterocycles. The van der Waals surface area contributed by atoms with Crippen LogP contribution in [0.1, 0.15) is 12.5 Å². The highest BCUT2D eigenvalue weighted by Crippen LogP contribution is 2.11. The fourth-order valence-corrected chi connectivity index (χ4v) is 1.40. The number of hydrogen-bond acceptors (Lipinski definition) is 3. The van der Waals surface area contributed by atoms with Gasteiger partial charge in [0, 0.05) is 12.4 Å². The molecule has 3 heteroatoms. The standard InChI is InChI=1S/C13H15N3/c1-2-11-3-5-12(6-4-11)15-16-13-7-9-14-10-8-13/h3-10,15H,2H2,1H3,(H,14,16). The molecule has 2 aromatic rings. The van der Waals surface area contributed by atoms with Gasteiger partial charge in [-0.3, -0.25) is 4.98 Å². The van der Waals surface area contributed by atoms with Crippen molar-refractivity contribution in [2.45, 2.75) is 13.3 Å². The molecule has 1 aromatic heterocycles. The van der Waals surface area contributed by atoms with Gasteiger partial charge in [0.2, 0.25) is 0 Å². The van der Waals surface area contributed by atoms with Crippen molar-refractivity contribution < 1.29 is 0 Å². The quantitative estimate of drug-likeness (QED) is 0.766. The van der Waals surface area contributed by atoms with Crippen LogP contribution in [0.2, 0.25) is 0 Å². The molecule has 0 fully saturated rings. The van der Waals surface area contributed by atoms with Gasteiger partial charge in [0.05, 0.1) is 11.4 Å². The number of anilines is 2. The van der Waals surface area contributed by atoms with Crippen LogP contribution in [0.4, 0.5) is 11.4 Å². The monoisotopic (exact) mass is 213 g/mol. The van der Waals surface area contributed by atoms with Crippen molar-refractivity contribution in [3.63, 3.8) is 0 Å². The highest BCUT2D eigenvalue weighted by atomic mass is 15.4. The van der Waals surface area contributed by atoms with Crippen molar-refractivity contribution in [3.05, 3.63) is 54.4 Å². The Morgan fingerprint density at radius 1 is 0.875 bits per heavy atom. The Kier molecular flexibility index (Phi) is 3.38. The summed E-state index contributed by atoms with van der Waals surface area (Å²) < 4.78 is 0. The molecule has 0 aliphatic carbocycles. The second kappa shape index (κ2) is 5.16. The van der Waals surface area contributed by atoms with Gasteiger partial charge >= 0.3 is 0 Å². The fourth-order valence-electron chi connectivity index (χ4n) is 1.40. The molecule has 2 N–H and O–H groups in total. The van der Waals surface area contributed by atoms with Crippen LogP contribution in [-0.4, -0.2) is 4.98 Å². The van der Waals surface area contributed by atoms with Crippen molar-refractivity contribution >= 4 is 11.4 Å². The molecule has 16 heavy (non-hydrogen) atoms. The van der Waals surface area contributed by atoms with E-state index in [4.69, 9.17) is 0 Å². The molecule has 0 aliphatic rings. The third-order valence-corrected chi connectivity index (χ3v) is 2.39. The first-order valence-electron chi connectivity index (χ1n) is 5.39. The lowest BCUT2D eigenvalue weighted by atomic mass is 10.2. The maximum absolute atomic E-state index is 3.96. The summed E-state index contributed by atoms with van der Waals surface area (Å²) in [5, 5.41) is 0. The third-order valence-electron chi connectivity index (χ3n) is 2.39. The zero-order chi connectivity index (χ0) is 11.2. The third kappa shape index (κ3) is 2.73. The summed E-state index contributed by atoms with van der Waals surface area (Å²) in [5.41, 5.74) is 9.63. The van der Waals surface area contributed by atoms with Gasteiger partial charge in [-0.15, -0.1) is 0 Å². The van der Waals surface area contributed by atoms with Gasteiger partial charge in [-0.25, -0.2) is 0 Å². The number of nitrogens with one attached hydrogen (secondary N) is 2. The fraction of sp³-hybridized carbons (Fsp3) is 0.154. The summed E-state index contributed by atoms with van der Waals surface area (Å²) in [7, 11) is 0. The average Bonchev–Trinajstić information content (AvgIpc) is 2.38. The predicted octanol–water partition coefficient (Wildman–Crippen LogP) is 3.08. The molecule has 0 aliphatic heterocycles. The van der Waals surface area contributed by atoms with Crippen molar-refractivity contribution in [1.82, 2.24) is 4.98 Å². The Morgan fingerprint density at radius 3 is 2.00 bits per heavy atom. The molecule has 0 bridgehead atoms. The van der Waals surface area contributed by atoms with E-state index in [1.165, 1.54) is 5.56 Å². The number of hydrogen-bond donors (Lipinski definition) is 2. The number of hydrazine groups is 1. The Morgan fingerprint density at radius 2 is 1.44 bits per heavy atom. The van der Waals surface area contributed by atoms with Gasteiger partial charge in [-0.1, -0.05) is 19.1 Å². The SMILES string of the molecule is CCc1ccc(NNc2ccncc2)cc1. The summed E-state index contributed by atoms with van der Waals surface area (Å²) >= 11 is 0. The summed E-state index contributed by atoms with van der Waals surface area (Å²) in [5.74, 6) is 0. The summed E-state index contributed by atoms with van der Waals surface area (Å²) in [6, 6.07) is 12.2. The van der Waals surface area contributed by atoms with Gasteiger partial charge in [-0.2, -0.15) is 0 Å². The van der Waals surface area contributed by atoms with E-state index in [9.17, 15) is 0 Å². The van der Waals surface area contributed by atoms with Crippen LogP contribution in [0, 0.1) is 0 Å². The van der Waals surface area contributed by atoms with Crippen LogP contribution in [0.15, 0.2) is 48.8 Å². The van der Waals surface area contributed by atoms with Crippen molar-refractivity contribution in [1.29, 1.82) is 0 Å². The lowest BCUT2D eigenvalue weighted by Crippen LogP contribution is -2.08. The Bertz CT molecular complexity index is 423. The van der Waals surface area contributed by atoms with Gasteiger partial charge in [0.25, 0.3) is 0 Å². The summed E-state index contributed by atoms with van der Waals surface area (Å²) in [4.78, 5) is 3.96. The zero-order valence-electron chi connectivity index (χ0n) is 9.27. The van der Waals surface area contributed by atoms with Crippen molar-refractivity contribution in [2.24, 2.45) is 0 Å². The van der Waals surface area contributed by atoms with Crippen molar-refractivity contribution in [2.75, 3.05) is 10.9 Å². The van der Waals surface area contributed by atoms with Gasteiger partial charge in [0.1, 0.15) is 0 Å². The molecule has 0 spiro atoms. The first kappa shape index (κ1) is 10.5. The van der Waals surface area contributed by atoms with E-state index in [1.807, 2.05) is 12.1 Å². The van der Waals surface area contributed by atoms with Gasteiger partial charge in [0.15, 0.2) is 0 Å². The van der Waals surface area contributed by atoms with E-state index in [0.29, 0.717) is 0 Å². The molecule has 0 saturated carbocycles. The van der Waals surface area contributed by atoms with Crippen LogP contribution in [0.3, 0.4) is 0 Å². The highest BCUT2D eigenvalue weighted by molar-refractivity contribution is 5.52. The maximum atomic E-state index is 3.96. The Balaban J connectivity index is 1.94. The van der Waals surface area contributed by atoms with Crippen LogP contribution < -0.4 is 10.9 Å². The zero-order valence-corrected chi connectivity index (χ0v) is 9.27. The Hall–Kier alpha value is -2.03. The molecule has 3 nitrogen and oxygen atoms in total. The van der Waals surface area contributed by atoms with Crippen LogP contribution in [0.25, 0.3) is 0 Å². The van der Waals surface area contributed by atoms with E-state index in [1.54, 1.807) is 12.4 Å². The van der Waals surface area contributed by atoms with E-state index in [0.717, 1.165) is 17.8 Å². The van der Waals surface area contributed by atoms with Crippen LogP contribution >= 0.6 is 0 Å².